The Labute approximate surface area is 242 Å². The zero-order chi connectivity index (χ0) is 27.4. The predicted octanol–water partition coefficient (Wildman–Crippen LogP) is 5.29. The summed E-state index contributed by atoms with van der Waals surface area (Å²) in [6, 6.07) is 2.92. The second kappa shape index (κ2) is 12.9. The molecule has 2 fully saturated rings. The number of thiophene rings is 1. The molecule has 39 heavy (non-hydrogen) atoms. The largest absolute Gasteiger partial charge is 0.481 e. The molecule has 0 aliphatic carbocycles. The molecule has 0 unspecified atom stereocenters. The van der Waals surface area contributed by atoms with Crippen LogP contribution in [0.5, 0.6) is 0 Å². The Morgan fingerprint density at radius 1 is 1.23 bits per heavy atom. The third-order valence-corrected chi connectivity index (χ3v) is 9.91. The highest BCUT2D eigenvalue weighted by molar-refractivity contribution is 7.17. The summed E-state index contributed by atoms with van der Waals surface area (Å²) in [5.74, 6) is 0.102. The van der Waals surface area contributed by atoms with E-state index in [1.165, 1.54) is 24.1 Å². The summed E-state index contributed by atoms with van der Waals surface area (Å²) in [5, 5.41) is 16.0. The number of carbonyl (C=O) groups is 1. The topological polar surface area (TPSA) is 97.7 Å². The van der Waals surface area contributed by atoms with Crippen molar-refractivity contribution in [3.8, 4) is 10.6 Å². The van der Waals surface area contributed by atoms with Gasteiger partial charge in [0.2, 0.25) is 0 Å². The van der Waals surface area contributed by atoms with Crippen LogP contribution in [0.25, 0.3) is 10.6 Å². The number of piperazine rings is 1. The number of likely N-dealkylation sites (tertiary alicyclic amines) is 1. The molecule has 2 saturated heterocycles. The number of aliphatic carboxylic acids is 1. The highest BCUT2D eigenvalue weighted by Gasteiger charge is 2.27. The lowest BCUT2D eigenvalue weighted by atomic mass is 10.1. The first kappa shape index (κ1) is 28.2. The predicted molar refractivity (Wildman–Crippen MR) is 159 cm³/mol. The molecule has 3 aromatic heterocycles. The molecule has 210 valence electrons. The second-order valence-corrected chi connectivity index (χ2v) is 12.7. The van der Waals surface area contributed by atoms with E-state index in [0.717, 1.165) is 65.0 Å². The molecule has 0 saturated carbocycles. The van der Waals surface area contributed by atoms with Crippen molar-refractivity contribution in [2.45, 2.75) is 64.7 Å². The van der Waals surface area contributed by atoms with Gasteiger partial charge < -0.3 is 15.3 Å². The molecular weight excluding hydrogens is 554 g/mol. The zero-order valence-electron chi connectivity index (χ0n) is 22.5. The van der Waals surface area contributed by atoms with Gasteiger partial charge in [0.05, 0.1) is 46.6 Å². The Kier molecular flexibility index (Phi) is 9.34. The van der Waals surface area contributed by atoms with Crippen molar-refractivity contribution in [1.29, 1.82) is 0 Å². The third kappa shape index (κ3) is 7.07. The van der Waals surface area contributed by atoms with Gasteiger partial charge in [-0.05, 0) is 38.8 Å². The fourth-order valence-electron chi connectivity index (χ4n) is 5.46. The lowest BCUT2D eigenvalue weighted by Gasteiger charge is -2.40. The van der Waals surface area contributed by atoms with E-state index in [2.05, 4.69) is 43.8 Å². The first-order valence-corrected chi connectivity index (χ1v) is 15.7. The Morgan fingerprint density at radius 3 is 2.79 bits per heavy atom. The fourth-order valence-corrected chi connectivity index (χ4v) is 7.61. The van der Waals surface area contributed by atoms with Crippen molar-refractivity contribution < 1.29 is 9.90 Å². The molecule has 0 spiro atoms. The monoisotopic (exact) mass is 589 g/mol. The fraction of sp³-hybridized carbons (Fsp3) is 0.556. The van der Waals surface area contributed by atoms with Crippen LogP contribution in [0.15, 0.2) is 23.8 Å². The maximum atomic E-state index is 10.9. The molecule has 0 aromatic carbocycles. The number of hydrogen-bond acceptors (Lipinski definition) is 10. The van der Waals surface area contributed by atoms with E-state index in [9.17, 15) is 4.79 Å². The molecule has 12 heteroatoms. The van der Waals surface area contributed by atoms with Gasteiger partial charge in [0.25, 0.3) is 0 Å². The van der Waals surface area contributed by atoms with Gasteiger partial charge in [-0.3, -0.25) is 19.6 Å². The SMILES string of the molecule is CC[C@@H]1CCCN1Cc1sc(NCc2cnc(N3CCN(CCC(=O)O)[C@H](C)C3)cn2)nc1-c1cc(Cl)cs1. The molecule has 3 aromatic rings. The molecule has 5 heterocycles. The summed E-state index contributed by atoms with van der Waals surface area (Å²) in [4.78, 5) is 34.6. The van der Waals surface area contributed by atoms with Gasteiger partial charge in [0, 0.05) is 55.1 Å². The minimum Gasteiger partial charge on any atom is -0.481 e. The van der Waals surface area contributed by atoms with Gasteiger partial charge in [0.15, 0.2) is 5.13 Å². The lowest BCUT2D eigenvalue weighted by Crippen LogP contribution is -2.52. The van der Waals surface area contributed by atoms with E-state index in [1.807, 2.05) is 23.8 Å². The molecule has 2 aliphatic rings. The maximum absolute atomic E-state index is 10.9. The number of anilines is 2. The number of aromatic nitrogens is 3. The highest BCUT2D eigenvalue weighted by atomic mass is 35.5. The van der Waals surface area contributed by atoms with Crippen molar-refractivity contribution >= 4 is 51.2 Å². The third-order valence-electron chi connectivity index (χ3n) is 7.63. The smallest absolute Gasteiger partial charge is 0.304 e. The van der Waals surface area contributed by atoms with Crippen LogP contribution >= 0.6 is 34.3 Å². The van der Waals surface area contributed by atoms with E-state index >= 15 is 0 Å². The number of nitrogens with one attached hydrogen (secondary N) is 1. The zero-order valence-corrected chi connectivity index (χ0v) is 24.9. The minimum atomic E-state index is -0.752. The van der Waals surface area contributed by atoms with Gasteiger partial charge in [-0.25, -0.2) is 9.97 Å². The average molecular weight is 590 g/mol. The number of carboxylic acid groups (broad SMARTS) is 1. The summed E-state index contributed by atoms with van der Waals surface area (Å²) in [5.41, 5.74) is 1.88. The molecule has 0 amide bonds. The van der Waals surface area contributed by atoms with E-state index in [4.69, 9.17) is 21.7 Å². The number of rotatable bonds is 11. The van der Waals surface area contributed by atoms with E-state index < -0.39 is 5.97 Å². The van der Waals surface area contributed by atoms with E-state index in [-0.39, 0.29) is 12.5 Å². The van der Waals surface area contributed by atoms with Crippen LogP contribution in [0, 0.1) is 0 Å². The number of hydrogen-bond donors (Lipinski definition) is 2. The van der Waals surface area contributed by atoms with E-state index in [1.54, 1.807) is 22.7 Å². The summed E-state index contributed by atoms with van der Waals surface area (Å²) in [6.07, 6.45) is 7.55. The summed E-state index contributed by atoms with van der Waals surface area (Å²) in [6.45, 7) is 10.0. The van der Waals surface area contributed by atoms with Crippen LogP contribution in [0.3, 0.4) is 0 Å². The first-order chi connectivity index (χ1) is 18.9. The molecule has 2 atom stereocenters. The van der Waals surface area contributed by atoms with Crippen LogP contribution in [0.2, 0.25) is 5.02 Å². The van der Waals surface area contributed by atoms with Gasteiger partial charge in [-0.2, -0.15) is 0 Å². The Morgan fingerprint density at radius 2 is 2.10 bits per heavy atom. The highest BCUT2D eigenvalue weighted by Crippen LogP contribution is 2.38. The van der Waals surface area contributed by atoms with Crippen LogP contribution in [0.4, 0.5) is 10.9 Å². The van der Waals surface area contributed by atoms with Crippen molar-refractivity contribution in [3.05, 3.63) is 39.4 Å². The minimum absolute atomic E-state index is 0.173. The Balaban J connectivity index is 1.21. The molecule has 9 nitrogen and oxygen atoms in total. The van der Waals surface area contributed by atoms with Crippen molar-refractivity contribution in [2.24, 2.45) is 0 Å². The summed E-state index contributed by atoms with van der Waals surface area (Å²) >= 11 is 9.61. The normalized spacial score (nSPS) is 20.5. The van der Waals surface area contributed by atoms with Crippen LogP contribution < -0.4 is 10.2 Å². The van der Waals surface area contributed by atoms with Gasteiger partial charge in [-0.15, -0.1) is 22.7 Å². The molecule has 5 rings (SSSR count). The molecule has 0 bridgehead atoms. The standard InChI is InChI=1S/C27H36ClN7O2S2/c1-3-21-5-4-7-34(21)16-23-26(22-11-19(28)17-38-22)32-27(39-23)31-13-20-12-30-24(14-29-20)35-10-9-33(18(2)15-35)8-6-25(36)37/h11-12,14,17-18,21H,3-10,13,15-16H2,1-2H3,(H,31,32)(H,36,37)/t18-,21-/m1/s1. The second-order valence-electron chi connectivity index (χ2n) is 10.3. The van der Waals surface area contributed by atoms with Crippen LogP contribution in [-0.2, 0) is 17.9 Å². The average Bonchev–Trinajstić information content (AvgIpc) is 3.67. The molecular formula is C27H36ClN7O2S2. The summed E-state index contributed by atoms with van der Waals surface area (Å²) in [7, 11) is 0. The van der Waals surface area contributed by atoms with Crippen molar-refractivity contribution in [1.82, 2.24) is 24.8 Å². The molecule has 2 N–H and O–H groups in total. The van der Waals surface area contributed by atoms with Crippen molar-refractivity contribution in [3.63, 3.8) is 0 Å². The first-order valence-electron chi connectivity index (χ1n) is 13.6. The number of carboxylic acids is 1. The quantitative estimate of drug-likeness (QED) is 0.309. The maximum Gasteiger partial charge on any atom is 0.304 e. The lowest BCUT2D eigenvalue weighted by molar-refractivity contribution is -0.137. The Hall–Kier alpha value is -2.31. The van der Waals surface area contributed by atoms with Gasteiger partial charge >= 0.3 is 5.97 Å². The van der Waals surface area contributed by atoms with Gasteiger partial charge in [-0.1, -0.05) is 18.5 Å². The van der Waals surface area contributed by atoms with Crippen LogP contribution in [0.1, 0.15) is 50.1 Å². The number of halogens is 1. The summed E-state index contributed by atoms with van der Waals surface area (Å²) < 4.78 is 0. The number of thiazole rings is 1. The van der Waals surface area contributed by atoms with E-state index in [0.29, 0.717) is 19.1 Å². The van der Waals surface area contributed by atoms with Gasteiger partial charge in [0.1, 0.15) is 5.82 Å². The molecule has 0 radical (unpaired) electrons. The number of nitrogens with zero attached hydrogens (tertiary/aromatic N) is 6. The van der Waals surface area contributed by atoms with Crippen LogP contribution in [-0.4, -0.2) is 80.6 Å². The Bertz CT molecular complexity index is 1250. The molecule has 2 aliphatic heterocycles. The van der Waals surface area contributed by atoms with Crippen molar-refractivity contribution in [2.75, 3.05) is 42.9 Å².